The molecular weight excluding hydrogens is 232 g/mol. The lowest BCUT2D eigenvalue weighted by Gasteiger charge is -2.04. The molecule has 0 saturated carbocycles. The van der Waals surface area contributed by atoms with Crippen molar-refractivity contribution in [2.75, 3.05) is 6.61 Å². The van der Waals surface area contributed by atoms with Crippen LogP contribution in [0.2, 0.25) is 0 Å². The molecule has 0 unspecified atom stereocenters. The zero-order valence-electron chi connectivity index (χ0n) is 8.73. The first kappa shape index (κ1) is 12.5. The van der Waals surface area contributed by atoms with E-state index in [9.17, 15) is 9.59 Å². The molecule has 0 amide bonds. The first-order valence-corrected chi connectivity index (χ1v) is 5.15. The van der Waals surface area contributed by atoms with E-state index in [1.165, 1.54) is 24.3 Å². The van der Waals surface area contributed by atoms with Gasteiger partial charge in [-0.1, -0.05) is 6.92 Å². The third kappa shape index (κ3) is 3.90. The van der Waals surface area contributed by atoms with Crippen molar-refractivity contribution in [3.8, 4) is 5.75 Å². The molecule has 1 rings (SSSR count). The molecule has 0 fully saturated rings. The second-order valence-electron chi connectivity index (χ2n) is 3.00. The fourth-order valence-corrected chi connectivity index (χ4v) is 1.09. The van der Waals surface area contributed by atoms with E-state index in [1.807, 2.05) is 6.92 Å². The van der Waals surface area contributed by atoms with E-state index in [2.05, 4.69) is 0 Å². The highest BCUT2D eigenvalue weighted by Gasteiger charge is 2.06. The Kier molecular flexibility index (Phi) is 4.79. The monoisotopic (exact) mass is 242 g/mol. The first-order valence-electron chi connectivity index (χ1n) is 4.78. The summed E-state index contributed by atoms with van der Waals surface area (Å²) in [6.45, 7) is 2.20. The Hall–Kier alpha value is -1.55. The van der Waals surface area contributed by atoms with E-state index < -0.39 is 11.4 Å². The van der Waals surface area contributed by atoms with Gasteiger partial charge in [0.2, 0.25) is 0 Å². The van der Waals surface area contributed by atoms with Gasteiger partial charge in [-0.15, -0.1) is 0 Å². The average Bonchev–Trinajstić information content (AvgIpc) is 2.27. The van der Waals surface area contributed by atoms with Gasteiger partial charge < -0.3 is 9.47 Å². The molecule has 0 aliphatic heterocycles. The van der Waals surface area contributed by atoms with Crippen LogP contribution in [0.3, 0.4) is 0 Å². The Morgan fingerprint density at radius 1 is 1.25 bits per heavy atom. The van der Waals surface area contributed by atoms with Gasteiger partial charge in [0, 0.05) is 5.56 Å². The first-order chi connectivity index (χ1) is 7.63. The zero-order valence-corrected chi connectivity index (χ0v) is 9.49. The van der Waals surface area contributed by atoms with Crippen molar-refractivity contribution >= 4 is 23.0 Å². The minimum absolute atomic E-state index is 0.308. The Labute approximate surface area is 98.1 Å². The quantitative estimate of drug-likeness (QED) is 0.463. The van der Waals surface area contributed by atoms with Gasteiger partial charge in [-0.25, -0.2) is 4.79 Å². The van der Waals surface area contributed by atoms with Gasteiger partial charge in [0.05, 0.1) is 6.61 Å². The summed E-state index contributed by atoms with van der Waals surface area (Å²) in [5.74, 6) is 0.308. The van der Waals surface area contributed by atoms with Crippen molar-refractivity contribution in [1.29, 1.82) is 0 Å². The summed E-state index contributed by atoms with van der Waals surface area (Å²) < 4.78 is 9.55. The molecule has 0 N–H and O–H groups in total. The van der Waals surface area contributed by atoms with E-state index in [0.717, 1.165) is 6.42 Å². The standard InChI is InChI=1S/C11H11ClO4/c1-2-7-15-11(14)16-9-5-3-8(4-6-9)10(12)13/h3-6H,2,7H2,1H3. The normalized spacial score (nSPS) is 9.62. The lowest BCUT2D eigenvalue weighted by atomic mass is 10.2. The number of ether oxygens (including phenoxy) is 2. The van der Waals surface area contributed by atoms with Gasteiger partial charge in [0.15, 0.2) is 0 Å². The molecule has 0 atom stereocenters. The van der Waals surface area contributed by atoms with Crippen LogP contribution in [0.1, 0.15) is 23.7 Å². The number of carbonyl (C=O) groups is 2. The molecule has 0 spiro atoms. The zero-order chi connectivity index (χ0) is 12.0. The van der Waals surface area contributed by atoms with E-state index in [-0.39, 0.29) is 0 Å². The highest BCUT2D eigenvalue weighted by Crippen LogP contribution is 2.14. The van der Waals surface area contributed by atoms with Crippen molar-refractivity contribution in [3.05, 3.63) is 29.8 Å². The molecule has 0 aliphatic carbocycles. The van der Waals surface area contributed by atoms with Crippen LogP contribution in [0.4, 0.5) is 4.79 Å². The second kappa shape index (κ2) is 6.12. The van der Waals surface area contributed by atoms with Crippen molar-refractivity contribution in [2.45, 2.75) is 13.3 Å². The molecule has 0 aromatic heterocycles. The van der Waals surface area contributed by atoms with Crippen LogP contribution in [0.15, 0.2) is 24.3 Å². The van der Waals surface area contributed by atoms with Crippen molar-refractivity contribution < 1.29 is 19.1 Å². The van der Waals surface area contributed by atoms with E-state index in [0.29, 0.717) is 17.9 Å². The molecule has 4 nitrogen and oxygen atoms in total. The van der Waals surface area contributed by atoms with Gasteiger partial charge in [0.1, 0.15) is 5.75 Å². The summed E-state index contributed by atoms with van der Waals surface area (Å²) in [7, 11) is 0. The molecule has 1 aromatic rings. The Bertz CT molecular complexity index is 372. The van der Waals surface area contributed by atoms with Crippen LogP contribution in [0.25, 0.3) is 0 Å². The van der Waals surface area contributed by atoms with Gasteiger partial charge >= 0.3 is 6.16 Å². The Morgan fingerprint density at radius 2 is 1.88 bits per heavy atom. The molecular formula is C11H11ClO4. The fourth-order valence-electron chi connectivity index (χ4n) is 0.965. The lowest BCUT2D eigenvalue weighted by molar-refractivity contribution is 0.0991. The molecule has 0 bridgehead atoms. The van der Waals surface area contributed by atoms with Crippen LogP contribution < -0.4 is 4.74 Å². The molecule has 0 aliphatic rings. The highest BCUT2D eigenvalue weighted by atomic mass is 35.5. The predicted octanol–water partition coefficient (Wildman–Crippen LogP) is 2.99. The average molecular weight is 243 g/mol. The predicted molar refractivity (Wildman–Crippen MR) is 58.9 cm³/mol. The summed E-state index contributed by atoms with van der Waals surface area (Å²) in [6, 6.07) is 5.89. The van der Waals surface area contributed by atoms with E-state index >= 15 is 0 Å². The summed E-state index contributed by atoms with van der Waals surface area (Å²) in [5, 5.41) is -0.555. The number of hydrogen-bond donors (Lipinski definition) is 0. The largest absolute Gasteiger partial charge is 0.513 e. The lowest BCUT2D eigenvalue weighted by Crippen LogP contribution is -2.10. The minimum atomic E-state index is -0.758. The smallest absolute Gasteiger partial charge is 0.434 e. The topological polar surface area (TPSA) is 52.6 Å². The number of rotatable bonds is 4. The number of benzene rings is 1. The summed E-state index contributed by atoms with van der Waals surface area (Å²) in [5.41, 5.74) is 0.343. The fraction of sp³-hybridized carbons (Fsp3) is 0.273. The molecule has 0 heterocycles. The van der Waals surface area contributed by atoms with Crippen molar-refractivity contribution in [3.63, 3.8) is 0 Å². The van der Waals surface area contributed by atoms with Crippen LogP contribution >= 0.6 is 11.6 Å². The molecule has 0 radical (unpaired) electrons. The Balaban J connectivity index is 2.55. The SMILES string of the molecule is CCCOC(=O)Oc1ccc(C(=O)Cl)cc1. The van der Waals surface area contributed by atoms with Crippen LogP contribution in [-0.2, 0) is 4.74 Å². The van der Waals surface area contributed by atoms with Gasteiger partial charge in [-0.05, 0) is 42.3 Å². The maximum Gasteiger partial charge on any atom is 0.513 e. The summed E-state index contributed by atoms with van der Waals surface area (Å²) in [6.07, 6.45) is -0.0267. The number of hydrogen-bond acceptors (Lipinski definition) is 4. The summed E-state index contributed by atoms with van der Waals surface area (Å²) >= 11 is 5.26. The van der Waals surface area contributed by atoms with E-state index in [1.54, 1.807) is 0 Å². The molecule has 0 saturated heterocycles. The maximum atomic E-state index is 11.1. The van der Waals surface area contributed by atoms with Crippen molar-refractivity contribution in [1.82, 2.24) is 0 Å². The summed E-state index contributed by atoms with van der Waals surface area (Å²) in [4.78, 5) is 21.8. The number of carbonyl (C=O) groups excluding carboxylic acids is 2. The minimum Gasteiger partial charge on any atom is -0.434 e. The maximum absolute atomic E-state index is 11.1. The molecule has 5 heteroatoms. The third-order valence-corrected chi connectivity index (χ3v) is 1.92. The van der Waals surface area contributed by atoms with Gasteiger partial charge in [0.25, 0.3) is 5.24 Å². The Morgan fingerprint density at radius 3 is 2.38 bits per heavy atom. The van der Waals surface area contributed by atoms with Crippen LogP contribution in [0.5, 0.6) is 5.75 Å². The molecule has 86 valence electrons. The number of halogens is 1. The third-order valence-electron chi connectivity index (χ3n) is 1.71. The molecule has 1 aromatic carbocycles. The van der Waals surface area contributed by atoms with Crippen molar-refractivity contribution in [2.24, 2.45) is 0 Å². The van der Waals surface area contributed by atoms with Gasteiger partial charge in [-0.3, -0.25) is 4.79 Å². The van der Waals surface area contributed by atoms with E-state index in [4.69, 9.17) is 21.1 Å². The molecule has 16 heavy (non-hydrogen) atoms. The van der Waals surface area contributed by atoms with Crippen LogP contribution in [-0.4, -0.2) is 18.0 Å². The second-order valence-corrected chi connectivity index (χ2v) is 3.34. The van der Waals surface area contributed by atoms with Gasteiger partial charge in [-0.2, -0.15) is 0 Å². The highest BCUT2D eigenvalue weighted by molar-refractivity contribution is 6.67. The van der Waals surface area contributed by atoms with Crippen LogP contribution in [0, 0.1) is 0 Å².